The molecule has 0 aliphatic carbocycles. The quantitative estimate of drug-likeness (QED) is 0.275. The summed E-state index contributed by atoms with van der Waals surface area (Å²) in [5, 5.41) is 2.38. The normalized spacial score (nSPS) is 12.0. The lowest BCUT2D eigenvalue weighted by atomic mass is 10.2. The number of rotatable bonds is 9. The minimum absolute atomic E-state index is 0.0406. The first kappa shape index (κ1) is 22.9. The zero-order chi connectivity index (χ0) is 22.6. The second kappa shape index (κ2) is 9.60. The number of hydrogen-bond acceptors (Lipinski definition) is 6. The predicted octanol–water partition coefficient (Wildman–Crippen LogP) is 2.84. The number of benzene rings is 1. The number of ether oxygens (including phenoxy) is 2. The number of nitrogens with zero attached hydrogens (tertiary/aromatic N) is 4. The standard InChI is InChI=1S/C20H24N4O5S2/c1-22(2)12-21-20(25)17-11-15-7-5-8-16(19(15)23(17)13-28-3)24(14-29-4)31(26,27)18-9-6-10-30-18/h5-12H,13-14H2,1-4H3. The Morgan fingerprint density at radius 2 is 1.97 bits per heavy atom. The Labute approximate surface area is 185 Å². The van der Waals surface area contributed by atoms with Gasteiger partial charge in [0.1, 0.15) is 23.4 Å². The summed E-state index contributed by atoms with van der Waals surface area (Å²) in [7, 11) is 2.57. The molecule has 31 heavy (non-hydrogen) atoms. The number of aromatic nitrogens is 1. The number of fused-ring (bicyclic) bond motifs is 1. The molecule has 0 radical (unpaired) electrons. The summed E-state index contributed by atoms with van der Waals surface area (Å²) in [4.78, 5) is 18.4. The molecular weight excluding hydrogens is 440 g/mol. The van der Waals surface area contributed by atoms with E-state index in [2.05, 4.69) is 4.99 Å². The molecule has 166 valence electrons. The van der Waals surface area contributed by atoms with E-state index in [-0.39, 0.29) is 23.4 Å². The third-order valence-electron chi connectivity index (χ3n) is 4.34. The molecule has 9 nitrogen and oxygen atoms in total. The van der Waals surface area contributed by atoms with Crippen LogP contribution in [0.5, 0.6) is 0 Å². The molecule has 0 aliphatic heterocycles. The molecule has 0 fully saturated rings. The number of methoxy groups -OCH3 is 2. The first-order chi connectivity index (χ1) is 14.8. The fourth-order valence-corrected chi connectivity index (χ4v) is 5.57. The van der Waals surface area contributed by atoms with Gasteiger partial charge in [0.25, 0.3) is 15.9 Å². The van der Waals surface area contributed by atoms with Gasteiger partial charge in [-0.25, -0.2) is 12.7 Å². The van der Waals surface area contributed by atoms with E-state index in [9.17, 15) is 13.2 Å². The molecule has 1 aromatic carbocycles. The SMILES string of the molecule is COCN(c1cccc2cc(C(=O)N=CN(C)C)n(COC)c12)S(=O)(=O)c1cccs1. The molecule has 2 aromatic heterocycles. The lowest BCUT2D eigenvalue weighted by molar-refractivity contribution is 0.0963. The van der Waals surface area contributed by atoms with Crippen molar-refractivity contribution in [2.75, 3.05) is 39.4 Å². The highest BCUT2D eigenvalue weighted by atomic mass is 32.2. The van der Waals surface area contributed by atoms with E-state index < -0.39 is 15.9 Å². The highest BCUT2D eigenvalue weighted by molar-refractivity contribution is 7.94. The third kappa shape index (κ3) is 4.64. The molecule has 3 aromatic rings. The molecule has 11 heteroatoms. The van der Waals surface area contributed by atoms with Gasteiger partial charge < -0.3 is 18.9 Å². The van der Waals surface area contributed by atoms with Crippen LogP contribution in [0.3, 0.4) is 0 Å². The van der Waals surface area contributed by atoms with E-state index in [1.165, 1.54) is 24.9 Å². The maximum Gasteiger partial charge on any atom is 0.295 e. The van der Waals surface area contributed by atoms with Gasteiger partial charge >= 0.3 is 0 Å². The van der Waals surface area contributed by atoms with Crippen molar-refractivity contribution in [2.45, 2.75) is 10.9 Å². The summed E-state index contributed by atoms with van der Waals surface area (Å²) in [6, 6.07) is 10.1. The van der Waals surface area contributed by atoms with Gasteiger partial charge in [0, 0.05) is 33.7 Å². The largest absolute Gasteiger partial charge is 0.369 e. The van der Waals surface area contributed by atoms with Crippen molar-refractivity contribution in [3.63, 3.8) is 0 Å². The van der Waals surface area contributed by atoms with Crippen molar-refractivity contribution in [1.82, 2.24) is 9.47 Å². The van der Waals surface area contributed by atoms with Crippen molar-refractivity contribution in [3.8, 4) is 0 Å². The van der Waals surface area contributed by atoms with Gasteiger partial charge in [-0.2, -0.15) is 4.99 Å². The number of carbonyl (C=O) groups is 1. The molecular formula is C20H24N4O5S2. The lowest BCUT2D eigenvalue weighted by Gasteiger charge is -2.24. The Bertz CT molecular complexity index is 1180. The first-order valence-corrected chi connectivity index (χ1v) is 11.5. The van der Waals surface area contributed by atoms with Crippen LogP contribution in [0.2, 0.25) is 0 Å². The van der Waals surface area contributed by atoms with E-state index in [4.69, 9.17) is 9.47 Å². The van der Waals surface area contributed by atoms with Gasteiger partial charge in [-0.3, -0.25) is 4.79 Å². The number of anilines is 1. The Morgan fingerprint density at radius 3 is 2.58 bits per heavy atom. The van der Waals surface area contributed by atoms with E-state index in [0.29, 0.717) is 16.6 Å². The molecule has 0 saturated carbocycles. The Morgan fingerprint density at radius 1 is 1.19 bits per heavy atom. The van der Waals surface area contributed by atoms with Gasteiger partial charge in [-0.15, -0.1) is 11.3 Å². The van der Waals surface area contributed by atoms with Crippen molar-refractivity contribution < 1.29 is 22.7 Å². The molecule has 0 saturated heterocycles. The third-order valence-corrected chi connectivity index (χ3v) is 7.45. The highest BCUT2D eigenvalue weighted by Crippen LogP contribution is 2.34. The van der Waals surface area contributed by atoms with Gasteiger partial charge in [0.2, 0.25) is 0 Å². The van der Waals surface area contributed by atoms with Crippen molar-refractivity contribution in [3.05, 3.63) is 47.5 Å². The molecule has 3 rings (SSSR count). The average molecular weight is 465 g/mol. The summed E-state index contributed by atoms with van der Waals surface area (Å²) in [6.07, 6.45) is 1.41. The number of aliphatic imine (C=N–C) groups is 1. The molecule has 0 aliphatic rings. The molecule has 2 heterocycles. The molecule has 0 unspecified atom stereocenters. The van der Waals surface area contributed by atoms with Crippen LogP contribution >= 0.6 is 11.3 Å². The van der Waals surface area contributed by atoms with Gasteiger partial charge in [0.15, 0.2) is 0 Å². The minimum atomic E-state index is -3.88. The van der Waals surface area contributed by atoms with Crippen LogP contribution < -0.4 is 4.31 Å². The van der Waals surface area contributed by atoms with E-state index in [0.717, 1.165) is 11.3 Å². The zero-order valence-electron chi connectivity index (χ0n) is 17.7. The molecule has 0 bridgehead atoms. The minimum Gasteiger partial charge on any atom is -0.369 e. The zero-order valence-corrected chi connectivity index (χ0v) is 19.3. The van der Waals surface area contributed by atoms with Gasteiger partial charge in [-0.05, 0) is 23.6 Å². The number of sulfonamides is 1. The fourth-order valence-electron chi connectivity index (χ4n) is 3.09. The number of hydrogen-bond donors (Lipinski definition) is 0. The van der Waals surface area contributed by atoms with Crippen LogP contribution in [0, 0.1) is 0 Å². The fraction of sp³-hybridized carbons (Fsp3) is 0.300. The van der Waals surface area contributed by atoms with Crippen LogP contribution in [0.4, 0.5) is 5.69 Å². The Balaban J connectivity index is 2.23. The number of amides is 1. The van der Waals surface area contributed by atoms with Crippen LogP contribution in [-0.2, 0) is 26.2 Å². The molecule has 0 atom stereocenters. The predicted molar refractivity (Wildman–Crippen MR) is 121 cm³/mol. The van der Waals surface area contributed by atoms with Gasteiger partial charge in [0.05, 0.1) is 17.5 Å². The number of para-hydroxylation sites is 1. The van der Waals surface area contributed by atoms with Crippen molar-refractivity contribution in [2.24, 2.45) is 4.99 Å². The monoisotopic (exact) mass is 464 g/mol. The van der Waals surface area contributed by atoms with Crippen LogP contribution in [0.15, 0.2) is 51.0 Å². The second-order valence-electron chi connectivity index (χ2n) is 6.81. The topological polar surface area (TPSA) is 93.4 Å². The average Bonchev–Trinajstić information content (AvgIpc) is 3.39. The first-order valence-electron chi connectivity index (χ1n) is 9.22. The number of carbonyl (C=O) groups excluding carboxylic acids is 1. The van der Waals surface area contributed by atoms with Crippen molar-refractivity contribution >= 4 is 50.2 Å². The summed E-state index contributed by atoms with van der Waals surface area (Å²) in [6.45, 7) is -0.154. The Kier molecular flexibility index (Phi) is 7.11. The summed E-state index contributed by atoms with van der Waals surface area (Å²) in [5.74, 6) is -0.465. The summed E-state index contributed by atoms with van der Waals surface area (Å²) < 4.78 is 40.2. The number of thiophene rings is 1. The van der Waals surface area contributed by atoms with Crippen LogP contribution in [0.25, 0.3) is 10.9 Å². The Hall–Kier alpha value is -2.73. The van der Waals surface area contributed by atoms with Crippen LogP contribution in [0.1, 0.15) is 10.5 Å². The van der Waals surface area contributed by atoms with E-state index in [1.54, 1.807) is 65.3 Å². The van der Waals surface area contributed by atoms with Crippen LogP contribution in [-0.4, -0.2) is 65.2 Å². The second-order valence-corrected chi connectivity index (χ2v) is 9.84. The smallest absolute Gasteiger partial charge is 0.295 e. The molecule has 0 spiro atoms. The molecule has 0 N–H and O–H groups in total. The summed E-state index contributed by atoms with van der Waals surface area (Å²) in [5.41, 5.74) is 1.19. The lowest BCUT2D eigenvalue weighted by Crippen LogP contribution is -2.33. The van der Waals surface area contributed by atoms with Crippen molar-refractivity contribution in [1.29, 1.82) is 0 Å². The maximum atomic E-state index is 13.3. The summed E-state index contributed by atoms with van der Waals surface area (Å²) >= 11 is 1.12. The maximum absolute atomic E-state index is 13.3. The molecule has 1 amide bonds. The van der Waals surface area contributed by atoms with E-state index in [1.807, 2.05) is 0 Å². The highest BCUT2D eigenvalue weighted by Gasteiger charge is 2.29. The van der Waals surface area contributed by atoms with Gasteiger partial charge in [-0.1, -0.05) is 18.2 Å². The van der Waals surface area contributed by atoms with E-state index >= 15 is 0 Å².